The minimum atomic E-state index is 0.278. The highest BCUT2D eigenvalue weighted by Gasteiger charge is 2.10. The second-order valence-electron chi connectivity index (χ2n) is 4.75. The molecule has 1 aromatic carbocycles. The fourth-order valence-electron chi connectivity index (χ4n) is 2.12. The molecule has 0 saturated heterocycles. The van der Waals surface area contributed by atoms with Gasteiger partial charge in [-0.3, -0.25) is 0 Å². The molecule has 2 nitrogen and oxygen atoms in total. The Kier molecular flexibility index (Phi) is 7.14. The lowest BCUT2D eigenvalue weighted by Crippen LogP contribution is -2.28. The zero-order valence-corrected chi connectivity index (χ0v) is 12.1. The molecule has 1 aromatic rings. The number of aromatic hydroxyl groups is 1. The van der Waals surface area contributed by atoms with E-state index >= 15 is 0 Å². The van der Waals surface area contributed by atoms with Crippen LogP contribution in [0.15, 0.2) is 18.2 Å². The van der Waals surface area contributed by atoms with Crippen LogP contribution in [0.2, 0.25) is 5.02 Å². The summed E-state index contributed by atoms with van der Waals surface area (Å²) in [6.07, 6.45) is 6.00. The zero-order chi connectivity index (χ0) is 13.4. The van der Waals surface area contributed by atoms with Crippen molar-refractivity contribution in [2.24, 2.45) is 0 Å². The first-order valence-electron chi connectivity index (χ1n) is 6.88. The standard InChI is InChI=1S/C15H24ClNO/c1-3-5-8-12(7-4-2)17-11-13-14(16)9-6-10-15(13)18/h6,9-10,12,17-18H,3-5,7-8,11H2,1-2H3. The van der Waals surface area contributed by atoms with Gasteiger partial charge in [0.05, 0.1) is 0 Å². The predicted molar refractivity (Wildman–Crippen MR) is 78.2 cm³/mol. The summed E-state index contributed by atoms with van der Waals surface area (Å²) in [5.41, 5.74) is 0.803. The maximum atomic E-state index is 9.79. The number of benzene rings is 1. The number of hydrogen-bond donors (Lipinski definition) is 2. The van der Waals surface area contributed by atoms with Gasteiger partial charge in [0.25, 0.3) is 0 Å². The van der Waals surface area contributed by atoms with Crippen LogP contribution in [0.3, 0.4) is 0 Å². The van der Waals surface area contributed by atoms with Crippen molar-refractivity contribution < 1.29 is 5.11 Å². The van der Waals surface area contributed by atoms with Crippen LogP contribution >= 0.6 is 11.6 Å². The number of hydrogen-bond acceptors (Lipinski definition) is 2. The van der Waals surface area contributed by atoms with Crippen LogP contribution in [-0.2, 0) is 6.54 Å². The number of rotatable bonds is 8. The van der Waals surface area contributed by atoms with E-state index in [-0.39, 0.29) is 5.75 Å². The van der Waals surface area contributed by atoms with E-state index in [4.69, 9.17) is 11.6 Å². The van der Waals surface area contributed by atoms with E-state index in [1.807, 2.05) is 6.07 Å². The van der Waals surface area contributed by atoms with Crippen LogP contribution in [0.1, 0.15) is 51.5 Å². The van der Waals surface area contributed by atoms with Gasteiger partial charge in [-0.05, 0) is 25.0 Å². The van der Waals surface area contributed by atoms with Crippen LogP contribution in [0.4, 0.5) is 0 Å². The fourth-order valence-corrected chi connectivity index (χ4v) is 2.35. The molecule has 2 N–H and O–H groups in total. The molecule has 1 rings (SSSR count). The van der Waals surface area contributed by atoms with Gasteiger partial charge in [0, 0.05) is 23.2 Å². The van der Waals surface area contributed by atoms with Gasteiger partial charge in [-0.15, -0.1) is 0 Å². The Balaban J connectivity index is 2.55. The molecule has 0 radical (unpaired) electrons. The van der Waals surface area contributed by atoms with Gasteiger partial charge in [0.1, 0.15) is 5.75 Å². The number of halogens is 1. The van der Waals surface area contributed by atoms with Gasteiger partial charge < -0.3 is 10.4 Å². The van der Waals surface area contributed by atoms with Crippen molar-refractivity contribution in [3.63, 3.8) is 0 Å². The Bertz CT molecular complexity index is 334. The van der Waals surface area contributed by atoms with E-state index in [9.17, 15) is 5.11 Å². The third kappa shape index (κ3) is 4.87. The summed E-state index contributed by atoms with van der Waals surface area (Å²) in [6.45, 7) is 5.05. The van der Waals surface area contributed by atoms with Crippen molar-refractivity contribution in [3.05, 3.63) is 28.8 Å². The summed E-state index contributed by atoms with van der Waals surface area (Å²) in [7, 11) is 0. The van der Waals surface area contributed by atoms with Gasteiger partial charge in [-0.25, -0.2) is 0 Å². The molecule has 0 aromatic heterocycles. The highest BCUT2D eigenvalue weighted by Crippen LogP contribution is 2.25. The lowest BCUT2D eigenvalue weighted by Gasteiger charge is -2.18. The van der Waals surface area contributed by atoms with Crippen LogP contribution < -0.4 is 5.32 Å². The molecule has 0 aliphatic heterocycles. The molecule has 102 valence electrons. The van der Waals surface area contributed by atoms with Crippen molar-refractivity contribution in [2.75, 3.05) is 0 Å². The Morgan fingerprint density at radius 1 is 1.22 bits per heavy atom. The summed E-state index contributed by atoms with van der Waals surface area (Å²) in [4.78, 5) is 0. The predicted octanol–water partition coefficient (Wildman–Crippen LogP) is 4.49. The quantitative estimate of drug-likeness (QED) is 0.729. The van der Waals surface area contributed by atoms with E-state index < -0.39 is 0 Å². The van der Waals surface area contributed by atoms with E-state index in [1.54, 1.807) is 12.1 Å². The lowest BCUT2D eigenvalue weighted by atomic mass is 10.0. The normalized spacial score (nSPS) is 12.6. The van der Waals surface area contributed by atoms with Crippen molar-refractivity contribution in [1.29, 1.82) is 0 Å². The van der Waals surface area contributed by atoms with Crippen molar-refractivity contribution in [2.45, 2.75) is 58.5 Å². The van der Waals surface area contributed by atoms with Gasteiger partial charge in [-0.2, -0.15) is 0 Å². The topological polar surface area (TPSA) is 32.3 Å². The van der Waals surface area contributed by atoms with Gasteiger partial charge in [0.2, 0.25) is 0 Å². The Hall–Kier alpha value is -0.730. The van der Waals surface area contributed by atoms with Crippen molar-refractivity contribution >= 4 is 11.6 Å². The molecule has 0 aliphatic carbocycles. The molecule has 3 heteroatoms. The number of unbranched alkanes of at least 4 members (excludes halogenated alkanes) is 1. The molecular formula is C15H24ClNO. The summed E-state index contributed by atoms with van der Waals surface area (Å²) in [6, 6.07) is 5.79. The summed E-state index contributed by atoms with van der Waals surface area (Å²) in [5, 5.41) is 13.9. The molecular weight excluding hydrogens is 246 g/mol. The molecule has 18 heavy (non-hydrogen) atoms. The molecule has 0 saturated carbocycles. The van der Waals surface area contributed by atoms with Crippen molar-refractivity contribution in [3.8, 4) is 5.75 Å². The van der Waals surface area contributed by atoms with E-state index in [0.29, 0.717) is 17.6 Å². The first-order chi connectivity index (χ1) is 8.69. The van der Waals surface area contributed by atoms with Gasteiger partial charge >= 0.3 is 0 Å². The Morgan fingerprint density at radius 3 is 2.61 bits per heavy atom. The maximum absolute atomic E-state index is 9.79. The van der Waals surface area contributed by atoms with Crippen LogP contribution in [0, 0.1) is 0 Å². The van der Waals surface area contributed by atoms with E-state index in [2.05, 4.69) is 19.2 Å². The van der Waals surface area contributed by atoms with E-state index in [1.165, 1.54) is 32.1 Å². The molecule has 0 heterocycles. The molecule has 0 fully saturated rings. The average molecular weight is 270 g/mol. The average Bonchev–Trinajstić information content (AvgIpc) is 2.35. The maximum Gasteiger partial charge on any atom is 0.121 e. The zero-order valence-electron chi connectivity index (χ0n) is 11.4. The Morgan fingerprint density at radius 2 is 2.00 bits per heavy atom. The molecule has 0 amide bonds. The number of nitrogens with one attached hydrogen (secondary N) is 1. The fraction of sp³-hybridized carbons (Fsp3) is 0.600. The smallest absolute Gasteiger partial charge is 0.121 e. The minimum Gasteiger partial charge on any atom is -0.508 e. The first kappa shape index (κ1) is 15.3. The second-order valence-corrected chi connectivity index (χ2v) is 5.15. The van der Waals surface area contributed by atoms with Crippen molar-refractivity contribution in [1.82, 2.24) is 5.32 Å². The van der Waals surface area contributed by atoms with Crippen LogP contribution in [0.5, 0.6) is 5.75 Å². The van der Waals surface area contributed by atoms with Gasteiger partial charge in [0.15, 0.2) is 0 Å². The summed E-state index contributed by atoms with van der Waals surface area (Å²) < 4.78 is 0. The SMILES string of the molecule is CCCCC(CCC)NCc1c(O)cccc1Cl. The second kappa shape index (κ2) is 8.39. The van der Waals surface area contributed by atoms with Gasteiger partial charge in [-0.1, -0.05) is 50.8 Å². The Labute approximate surface area is 115 Å². The first-order valence-corrected chi connectivity index (χ1v) is 7.26. The monoisotopic (exact) mass is 269 g/mol. The minimum absolute atomic E-state index is 0.278. The molecule has 0 aliphatic rings. The highest BCUT2D eigenvalue weighted by atomic mass is 35.5. The summed E-state index contributed by atoms with van der Waals surface area (Å²) in [5.74, 6) is 0.278. The van der Waals surface area contributed by atoms with Crippen LogP contribution in [0.25, 0.3) is 0 Å². The summed E-state index contributed by atoms with van der Waals surface area (Å²) >= 11 is 6.09. The molecule has 1 atom stereocenters. The third-order valence-corrected chi connectivity index (χ3v) is 3.56. The lowest BCUT2D eigenvalue weighted by molar-refractivity contribution is 0.422. The molecule has 1 unspecified atom stereocenters. The molecule has 0 bridgehead atoms. The largest absolute Gasteiger partial charge is 0.508 e. The number of phenols is 1. The third-order valence-electron chi connectivity index (χ3n) is 3.20. The molecule has 0 spiro atoms. The highest BCUT2D eigenvalue weighted by molar-refractivity contribution is 6.31. The van der Waals surface area contributed by atoms with E-state index in [0.717, 1.165) is 5.56 Å². The number of phenolic OH excluding ortho intramolecular Hbond substituents is 1. The van der Waals surface area contributed by atoms with Crippen LogP contribution in [-0.4, -0.2) is 11.1 Å².